The maximum Gasteiger partial charge on any atom is 0.259 e. The molecule has 148 valence electrons. The normalized spacial score (nSPS) is 18.8. The van der Waals surface area contributed by atoms with Crippen LogP contribution in [0, 0.1) is 0 Å². The highest BCUT2D eigenvalue weighted by molar-refractivity contribution is 6.30. The molecule has 1 aliphatic heterocycles. The molecule has 2 heterocycles. The Morgan fingerprint density at radius 2 is 2.15 bits per heavy atom. The van der Waals surface area contributed by atoms with Gasteiger partial charge in [0.2, 0.25) is 0 Å². The van der Waals surface area contributed by atoms with Gasteiger partial charge in [0.25, 0.3) is 5.91 Å². The second-order valence-corrected chi connectivity index (χ2v) is 6.40. The van der Waals surface area contributed by atoms with E-state index in [1.54, 1.807) is 31.4 Å². The number of methoxy groups -OCH3 is 1. The van der Waals surface area contributed by atoms with Gasteiger partial charge in [-0.1, -0.05) is 16.8 Å². The molecule has 8 nitrogen and oxygen atoms in total. The first-order valence-electron chi connectivity index (χ1n) is 8.28. The monoisotopic (exact) mass is 416 g/mol. The maximum atomic E-state index is 12.9. The van der Waals surface area contributed by atoms with Crippen LogP contribution in [0.15, 0.2) is 28.8 Å². The Bertz CT molecular complexity index is 754. The molecule has 10 heteroatoms. The number of carbonyl (C=O) groups is 1. The lowest BCUT2D eigenvalue weighted by atomic mass is 10.1. The van der Waals surface area contributed by atoms with Crippen LogP contribution in [-0.2, 0) is 4.74 Å². The average Bonchev–Trinajstić information content (AvgIpc) is 3.22. The van der Waals surface area contributed by atoms with Crippen molar-refractivity contribution < 1.29 is 19.2 Å². The lowest BCUT2D eigenvalue weighted by Gasteiger charge is -2.15. The van der Waals surface area contributed by atoms with Crippen LogP contribution in [0.4, 0.5) is 5.82 Å². The van der Waals surface area contributed by atoms with Crippen LogP contribution in [-0.4, -0.2) is 61.7 Å². The third kappa shape index (κ3) is 5.12. The Kier molecular flexibility index (Phi) is 7.88. The Morgan fingerprint density at radius 1 is 1.41 bits per heavy atom. The number of aliphatic hydroxyl groups excluding tert-OH is 1. The molecule has 0 bridgehead atoms. The zero-order chi connectivity index (χ0) is 18.5. The van der Waals surface area contributed by atoms with Crippen LogP contribution in [0.1, 0.15) is 10.4 Å². The molecule has 1 saturated heterocycles. The van der Waals surface area contributed by atoms with E-state index in [1.807, 2.05) is 0 Å². The number of halogens is 2. The van der Waals surface area contributed by atoms with Crippen molar-refractivity contribution >= 4 is 35.7 Å². The highest BCUT2D eigenvalue weighted by atomic mass is 35.5. The molecule has 27 heavy (non-hydrogen) atoms. The van der Waals surface area contributed by atoms with Crippen LogP contribution >= 0.6 is 24.0 Å². The van der Waals surface area contributed by atoms with E-state index in [4.69, 9.17) is 20.9 Å². The van der Waals surface area contributed by atoms with Crippen molar-refractivity contribution in [3.8, 4) is 11.3 Å². The Hall–Kier alpha value is -1.84. The zero-order valence-electron chi connectivity index (χ0n) is 14.7. The molecule has 0 unspecified atom stereocenters. The number of carbonyl (C=O) groups excluding carboxylic acids is 1. The summed E-state index contributed by atoms with van der Waals surface area (Å²) in [6.07, 6.45) is -0.636. The number of hydrogen-bond donors (Lipinski definition) is 4. The minimum atomic E-state index is -0.636. The van der Waals surface area contributed by atoms with Gasteiger partial charge in [-0.3, -0.25) is 4.79 Å². The molecule has 3 rings (SSSR count). The molecule has 1 aromatic carbocycles. The minimum absolute atomic E-state index is 0. The number of ether oxygens (including phenoxy) is 1. The van der Waals surface area contributed by atoms with Crippen LogP contribution in [0.25, 0.3) is 11.3 Å². The fraction of sp³-hybridized carbons (Fsp3) is 0.412. The average molecular weight is 417 g/mol. The largest absolute Gasteiger partial charge is 0.390 e. The lowest BCUT2D eigenvalue weighted by molar-refractivity contribution is 0.0889. The molecule has 1 fully saturated rings. The van der Waals surface area contributed by atoms with Crippen LogP contribution in [0.2, 0.25) is 5.02 Å². The van der Waals surface area contributed by atoms with Gasteiger partial charge in [-0.05, 0) is 24.3 Å². The Balaban J connectivity index is 0.00000261. The van der Waals surface area contributed by atoms with Crippen LogP contribution in [0.3, 0.4) is 0 Å². The van der Waals surface area contributed by atoms with Gasteiger partial charge in [0.15, 0.2) is 11.6 Å². The molecular weight excluding hydrogens is 395 g/mol. The molecule has 0 radical (unpaired) electrons. The summed E-state index contributed by atoms with van der Waals surface area (Å²) in [5.74, 6) is 0.286. The molecular formula is C17H22Cl2N4O4. The van der Waals surface area contributed by atoms with E-state index in [2.05, 4.69) is 21.1 Å². The maximum absolute atomic E-state index is 12.9. The summed E-state index contributed by atoms with van der Waals surface area (Å²) in [6.45, 7) is 1.87. The number of anilines is 1. The summed E-state index contributed by atoms with van der Waals surface area (Å²) in [6, 6.07) is 6.56. The smallest absolute Gasteiger partial charge is 0.259 e. The van der Waals surface area contributed by atoms with E-state index in [1.165, 1.54) is 0 Å². The van der Waals surface area contributed by atoms with E-state index in [9.17, 15) is 9.90 Å². The van der Waals surface area contributed by atoms with Gasteiger partial charge in [-0.25, -0.2) is 0 Å². The van der Waals surface area contributed by atoms with Gasteiger partial charge < -0.3 is 30.3 Å². The summed E-state index contributed by atoms with van der Waals surface area (Å²) < 4.78 is 10.4. The fourth-order valence-electron chi connectivity index (χ4n) is 2.74. The predicted molar refractivity (Wildman–Crippen MR) is 105 cm³/mol. The number of amides is 1. The standard InChI is InChI=1S/C17H21ClN4O4.ClH/c1-25-7-6-20-16-14(17(24)21-12-8-19-9-13(12)23)15(26-22-16)10-2-4-11(18)5-3-10;/h2-5,12-13,19,23H,6-9H2,1H3,(H,20,22)(H,21,24);1H/t12-,13-;/m1./s1. The van der Waals surface area contributed by atoms with Gasteiger partial charge in [0.05, 0.1) is 18.8 Å². The first-order valence-corrected chi connectivity index (χ1v) is 8.66. The van der Waals surface area contributed by atoms with Gasteiger partial charge in [-0.15, -0.1) is 12.4 Å². The number of nitrogens with one attached hydrogen (secondary N) is 3. The van der Waals surface area contributed by atoms with Crippen molar-refractivity contribution in [3.05, 3.63) is 34.9 Å². The predicted octanol–water partition coefficient (Wildman–Crippen LogP) is 1.54. The molecule has 0 spiro atoms. The SMILES string of the molecule is COCCNc1noc(-c2ccc(Cl)cc2)c1C(=O)N[C@@H]1CNC[C@H]1O.Cl. The number of rotatable bonds is 7. The molecule has 1 aromatic heterocycles. The molecule has 1 aliphatic rings. The fourth-order valence-corrected chi connectivity index (χ4v) is 2.87. The minimum Gasteiger partial charge on any atom is -0.390 e. The highest BCUT2D eigenvalue weighted by Gasteiger charge is 2.30. The van der Waals surface area contributed by atoms with Gasteiger partial charge in [0, 0.05) is 37.3 Å². The number of aromatic nitrogens is 1. The van der Waals surface area contributed by atoms with E-state index >= 15 is 0 Å². The third-order valence-electron chi connectivity index (χ3n) is 4.12. The summed E-state index contributed by atoms with van der Waals surface area (Å²) in [5.41, 5.74) is 0.958. The van der Waals surface area contributed by atoms with Crippen molar-refractivity contribution in [1.29, 1.82) is 0 Å². The number of nitrogens with zero attached hydrogens (tertiary/aromatic N) is 1. The number of hydrogen-bond acceptors (Lipinski definition) is 7. The first kappa shape index (κ1) is 21.5. The van der Waals surface area contributed by atoms with Crippen molar-refractivity contribution in [2.45, 2.75) is 12.1 Å². The second-order valence-electron chi connectivity index (χ2n) is 5.97. The van der Waals surface area contributed by atoms with Crippen molar-refractivity contribution in [2.24, 2.45) is 0 Å². The molecule has 2 atom stereocenters. The molecule has 2 aromatic rings. The van der Waals surface area contributed by atoms with Crippen molar-refractivity contribution in [3.63, 3.8) is 0 Å². The van der Waals surface area contributed by atoms with Crippen LogP contribution < -0.4 is 16.0 Å². The van der Waals surface area contributed by atoms with Crippen molar-refractivity contribution in [2.75, 3.05) is 38.7 Å². The third-order valence-corrected chi connectivity index (χ3v) is 4.37. The number of aliphatic hydroxyl groups is 1. The van der Waals surface area contributed by atoms with Crippen LogP contribution in [0.5, 0.6) is 0 Å². The molecule has 1 amide bonds. The summed E-state index contributed by atoms with van der Waals surface area (Å²) in [5, 5.41) is 23.4. The Morgan fingerprint density at radius 3 is 2.78 bits per heavy atom. The van der Waals surface area contributed by atoms with Gasteiger partial charge in [-0.2, -0.15) is 0 Å². The first-order chi connectivity index (χ1) is 12.6. The van der Waals surface area contributed by atoms with E-state index in [0.717, 1.165) is 0 Å². The quantitative estimate of drug-likeness (QED) is 0.506. The highest BCUT2D eigenvalue weighted by Crippen LogP contribution is 2.30. The van der Waals surface area contributed by atoms with E-state index in [0.29, 0.717) is 48.4 Å². The van der Waals surface area contributed by atoms with E-state index in [-0.39, 0.29) is 29.9 Å². The summed E-state index contributed by atoms with van der Waals surface area (Å²) >= 11 is 5.93. The summed E-state index contributed by atoms with van der Waals surface area (Å²) in [4.78, 5) is 12.9. The lowest BCUT2D eigenvalue weighted by Crippen LogP contribution is -2.43. The van der Waals surface area contributed by atoms with E-state index < -0.39 is 6.10 Å². The Labute approximate surface area is 168 Å². The molecule has 4 N–H and O–H groups in total. The summed E-state index contributed by atoms with van der Waals surface area (Å²) in [7, 11) is 1.59. The molecule has 0 saturated carbocycles. The number of benzene rings is 1. The van der Waals surface area contributed by atoms with Gasteiger partial charge in [0.1, 0.15) is 5.56 Å². The molecule has 0 aliphatic carbocycles. The van der Waals surface area contributed by atoms with Crippen molar-refractivity contribution in [1.82, 2.24) is 15.8 Å². The number of β-amino-alcohol motifs (C(OH)–C–C–N with tert-alkyl or cyclic N) is 1. The second kappa shape index (κ2) is 9.91. The zero-order valence-corrected chi connectivity index (χ0v) is 16.3. The van der Waals surface area contributed by atoms with Gasteiger partial charge >= 0.3 is 0 Å². The topological polar surface area (TPSA) is 109 Å².